The van der Waals surface area contributed by atoms with E-state index in [1.54, 1.807) is 0 Å². The van der Waals surface area contributed by atoms with E-state index in [1.165, 1.54) is 16.3 Å². The van der Waals surface area contributed by atoms with E-state index in [0.717, 1.165) is 23.7 Å². The molecule has 0 aliphatic heterocycles. The molecule has 0 aliphatic rings. The molecule has 2 N–H and O–H groups in total. The fraction of sp³-hybridized carbons (Fsp3) is 0.111. The quantitative estimate of drug-likeness (QED) is 0.529. The van der Waals surface area contributed by atoms with E-state index in [-0.39, 0.29) is 0 Å². The van der Waals surface area contributed by atoms with Gasteiger partial charge in [0.25, 0.3) is 0 Å². The van der Waals surface area contributed by atoms with E-state index in [9.17, 15) is 0 Å². The van der Waals surface area contributed by atoms with Gasteiger partial charge in [0.05, 0.1) is 0 Å². The van der Waals surface area contributed by atoms with Crippen LogP contribution in [0.3, 0.4) is 0 Å². The van der Waals surface area contributed by atoms with Crippen molar-refractivity contribution in [2.45, 2.75) is 6.42 Å². The van der Waals surface area contributed by atoms with Crippen molar-refractivity contribution in [1.29, 1.82) is 0 Å². The van der Waals surface area contributed by atoms with E-state index in [4.69, 9.17) is 11.6 Å². The fourth-order valence-electron chi connectivity index (χ4n) is 2.29. The highest BCUT2D eigenvalue weighted by molar-refractivity contribution is 6.30. The second-order valence-corrected chi connectivity index (χ2v) is 5.43. The Morgan fingerprint density at radius 1 is 0.810 bits per heavy atom. The molecule has 0 aromatic heterocycles. The topological polar surface area (TPSA) is 24.1 Å². The van der Waals surface area contributed by atoms with Crippen molar-refractivity contribution in [1.82, 2.24) is 5.43 Å². The molecule has 3 aromatic rings. The van der Waals surface area contributed by atoms with Crippen LogP contribution in [-0.2, 0) is 6.42 Å². The molecule has 0 saturated carbocycles. The summed E-state index contributed by atoms with van der Waals surface area (Å²) in [5.41, 5.74) is 8.83. The molecule has 2 nitrogen and oxygen atoms in total. The number of rotatable bonds is 5. The molecule has 3 heteroatoms. The Kier molecular flexibility index (Phi) is 4.39. The van der Waals surface area contributed by atoms with Gasteiger partial charge in [0.15, 0.2) is 0 Å². The average molecular weight is 297 g/mol. The number of anilines is 1. The standard InChI is InChI=1S/C18H17ClN2/c19-17-8-5-14(6-9-17)11-12-20-21-18-10-7-15-3-1-2-4-16(15)13-18/h1-10,13,20-21H,11-12H2. The Morgan fingerprint density at radius 2 is 1.57 bits per heavy atom. The Balaban J connectivity index is 1.53. The predicted molar refractivity (Wildman–Crippen MR) is 90.7 cm³/mol. The molecule has 21 heavy (non-hydrogen) atoms. The number of hydrogen-bond donors (Lipinski definition) is 2. The van der Waals surface area contributed by atoms with Gasteiger partial charge in [0, 0.05) is 17.3 Å². The Bertz CT molecular complexity index is 723. The largest absolute Gasteiger partial charge is 0.321 e. The summed E-state index contributed by atoms with van der Waals surface area (Å²) in [4.78, 5) is 0. The van der Waals surface area contributed by atoms with Crippen molar-refractivity contribution < 1.29 is 0 Å². The molecule has 106 valence electrons. The third-order valence-electron chi connectivity index (χ3n) is 3.43. The van der Waals surface area contributed by atoms with Crippen LogP contribution in [0, 0.1) is 0 Å². The van der Waals surface area contributed by atoms with Crippen LogP contribution in [0.2, 0.25) is 5.02 Å². The predicted octanol–water partition coefficient (Wildman–Crippen LogP) is 4.65. The molecule has 0 bridgehead atoms. The van der Waals surface area contributed by atoms with Crippen LogP contribution in [0.25, 0.3) is 10.8 Å². The van der Waals surface area contributed by atoms with Crippen molar-refractivity contribution in [3.05, 3.63) is 77.3 Å². The molecule has 0 radical (unpaired) electrons. The van der Waals surface area contributed by atoms with Crippen molar-refractivity contribution in [3.63, 3.8) is 0 Å². The second kappa shape index (κ2) is 6.61. The lowest BCUT2D eigenvalue weighted by Crippen LogP contribution is -2.24. The monoisotopic (exact) mass is 296 g/mol. The Labute approximate surface area is 129 Å². The Hall–Kier alpha value is -2.03. The maximum absolute atomic E-state index is 5.87. The lowest BCUT2D eigenvalue weighted by molar-refractivity contribution is 0.779. The average Bonchev–Trinajstić information content (AvgIpc) is 2.53. The lowest BCUT2D eigenvalue weighted by Gasteiger charge is -2.09. The van der Waals surface area contributed by atoms with Crippen LogP contribution < -0.4 is 10.9 Å². The molecule has 0 heterocycles. The van der Waals surface area contributed by atoms with Crippen molar-refractivity contribution in [2.75, 3.05) is 12.0 Å². The number of halogens is 1. The summed E-state index contributed by atoms with van der Waals surface area (Å²) in [6.45, 7) is 0.856. The van der Waals surface area contributed by atoms with Gasteiger partial charge in [-0.1, -0.05) is 54.1 Å². The zero-order valence-corrected chi connectivity index (χ0v) is 12.4. The zero-order valence-electron chi connectivity index (χ0n) is 11.6. The van der Waals surface area contributed by atoms with Gasteiger partial charge < -0.3 is 5.43 Å². The van der Waals surface area contributed by atoms with Crippen molar-refractivity contribution in [2.24, 2.45) is 0 Å². The third-order valence-corrected chi connectivity index (χ3v) is 3.69. The molecule has 3 rings (SSSR count). The molecule has 0 spiro atoms. The summed E-state index contributed by atoms with van der Waals surface area (Å²) in [5.74, 6) is 0. The first-order valence-electron chi connectivity index (χ1n) is 7.03. The van der Waals surface area contributed by atoms with Gasteiger partial charge in [-0.3, -0.25) is 0 Å². The first kappa shape index (κ1) is 13.9. The van der Waals surface area contributed by atoms with Gasteiger partial charge in [0.2, 0.25) is 0 Å². The summed E-state index contributed by atoms with van der Waals surface area (Å²) in [5, 5.41) is 3.27. The summed E-state index contributed by atoms with van der Waals surface area (Å²) in [6.07, 6.45) is 0.956. The number of nitrogens with one attached hydrogen (secondary N) is 2. The summed E-state index contributed by atoms with van der Waals surface area (Å²) < 4.78 is 0. The summed E-state index contributed by atoms with van der Waals surface area (Å²) in [7, 11) is 0. The number of fused-ring (bicyclic) bond motifs is 1. The van der Waals surface area contributed by atoms with Crippen molar-refractivity contribution in [3.8, 4) is 0 Å². The molecule has 0 unspecified atom stereocenters. The highest BCUT2D eigenvalue weighted by Gasteiger charge is 1.96. The highest BCUT2D eigenvalue weighted by Crippen LogP contribution is 2.18. The summed E-state index contributed by atoms with van der Waals surface area (Å²) >= 11 is 5.87. The number of benzene rings is 3. The van der Waals surface area contributed by atoms with E-state index >= 15 is 0 Å². The van der Waals surface area contributed by atoms with E-state index in [2.05, 4.69) is 65.4 Å². The third kappa shape index (κ3) is 3.75. The smallest absolute Gasteiger partial charge is 0.0493 e. The van der Waals surface area contributed by atoms with Gasteiger partial charge >= 0.3 is 0 Å². The van der Waals surface area contributed by atoms with Crippen LogP contribution in [0.4, 0.5) is 5.69 Å². The molecule has 0 saturated heterocycles. The van der Waals surface area contributed by atoms with Crippen LogP contribution in [0.5, 0.6) is 0 Å². The normalized spacial score (nSPS) is 10.7. The first-order chi connectivity index (χ1) is 10.3. The minimum atomic E-state index is 0.779. The fourth-order valence-corrected chi connectivity index (χ4v) is 2.42. The van der Waals surface area contributed by atoms with E-state index in [0.29, 0.717) is 0 Å². The van der Waals surface area contributed by atoms with Gasteiger partial charge in [-0.2, -0.15) is 0 Å². The molecule has 0 amide bonds. The van der Waals surface area contributed by atoms with Gasteiger partial charge in [-0.25, -0.2) is 5.43 Å². The van der Waals surface area contributed by atoms with Crippen LogP contribution in [-0.4, -0.2) is 6.54 Å². The van der Waals surface area contributed by atoms with Crippen LogP contribution >= 0.6 is 11.6 Å². The Morgan fingerprint density at radius 3 is 2.38 bits per heavy atom. The van der Waals surface area contributed by atoms with Crippen molar-refractivity contribution >= 4 is 28.1 Å². The minimum Gasteiger partial charge on any atom is -0.321 e. The number of hydrazine groups is 1. The molecular weight excluding hydrogens is 280 g/mol. The second-order valence-electron chi connectivity index (χ2n) is 4.99. The zero-order chi connectivity index (χ0) is 14.5. The van der Waals surface area contributed by atoms with Gasteiger partial charge in [0.1, 0.15) is 0 Å². The van der Waals surface area contributed by atoms with E-state index in [1.807, 2.05) is 12.1 Å². The minimum absolute atomic E-state index is 0.779. The van der Waals surface area contributed by atoms with Gasteiger partial charge in [-0.05, 0) is 47.0 Å². The van der Waals surface area contributed by atoms with Gasteiger partial charge in [-0.15, -0.1) is 0 Å². The van der Waals surface area contributed by atoms with E-state index < -0.39 is 0 Å². The van der Waals surface area contributed by atoms with Crippen LogP contribution in [0.15, 0.2) is 66.7 Å². The van der Waals surface area contributed by atoms with Crippen LogP contribution in [0.1, 0.15) is 5.56 Å². The maximum Gasteiger partial charge on any atom is 0.0493 e. The molecule has 3 aromatic carbocycles. The molecular formula is C18H17ClN2. The molecule has 0 aliphatic carbocycles. The highest BCUT2D eigenvalue weighted by atomic mass is 35.5. The summed E-state index contributed by atoms with van der Waals surface area (Å²) in [6, 6.07) is 22.7. The molecule has 0 fully saturated rings. The molecule has 0 atom stereocenters. The SMILES string of the molecule is Clc1ccc(CCNNc2ccc3ccccc3c2)cc1. The lowest BCUT2D eigenvalue weighted by atomic mass is 10.1. The maximum atomic E-state index is 5.87. The number of hydrogen-bond acceptors (Lipinski definition) is 2. The first-order valence-corrected chi connectivity index (χ1v) is 7.41.